The lowest BCUT2D eigenvalue weighted by molar-refractivity contribution is -0.120. The first-order valence-corrected chi connectivity index (χ1v) is 8.10. The van der Waals surface area contributed by atoms with Crippen LogP contribution < -0.4 is 15.5 Å². The highest BCUT2D eigenvalue weighted by atomic mass is 16.1. The molecule has 0 bridgehead atoms. The normalized spacial score (nSPS) is 18.0. The van der Waals surface area contributed by atoms with Crippen LogP contribution in [0.3, 0.4) is 0 Å². The maximum absolute atomic E-state index is 11.7. The number of amides is 1. The summed E-state index contributed by atoms with van der Waals surface area (Å²) in [5.41, 5.74) is 2.65. The Morgan fingerprint density at radius 2 is 2.10 bits per heavy atom. The van der Waals surface area contributed by atoms with Gasteiger partial charge in [-0.3, -0.25) is 4.79 Å². The van der Waals surface area contributed by atoms with Crippen molar-refractivity contribution in [3.63, 3.8) is 0 Å². The van der Waals surface area contributed by atoms with Crippen LogP contribution in [0.1, 0.15) is 44.7 Å². The molecule has 4 nitrogen and oxygen atoms in total. The topological polar surface area (TPSA) is 44.4 Å². The van der Waals surface area contributed by atoms with Crippen molar-refractivity contribution in [2.24, 2.45) is 0 Å². The monoisotopic (exact) mass is 289 g/mol. The van der Waals surface area contributed by atoms with E-state index in [0.29, 0.717) is 19.0 Å². The van der Waals surface area contributed by atoms with Crippen molar-refractivity contribution >= 4 is 11.6 Å². The zero-order valence-corrected chi connectivity index (χ0v) is 13.2. The summed E-state index contributed by atoms with van der Waals surface area (Å²) in [6, 6.07) is 9.03. The summed E-state index contributed by atoms with van der Waals surface area (Å²) in [6.45, 7) is 7.62. The van der Waals surface area contributed by atoms with Gasteiger partial charge in [0.15, 0.2) is 0 Å². The number of anilines is 1. The molecule has 1 aliphatic heterocycles. The number of hydrogen-bond donors (Lipinski definition) is 2. The van der Waals surface area contributed by atoms with Crippen molar-refractivity contribution in [1.29, 1.82) is 0 Å². The van der Waals surface area contributed by atoms with E-state index < -0.39 is 0 Å². The lowest BCUT2D eigenvalue weighted by Crippen LogP contribution is -2.31. The molecule has 1 aromatic rings. The highest BCUT2D eigenvalue weighted by Crippen LogP contribution is 2.32. The zero-order chi connectivity index (χ0) is 15.1. The quantitative estimate of drug-likeness (QED) is 0.845. The number of hydrogen-bond acceptors (Lipinski definition) is 3. The first-order chi connectivity index (χ1) is 10.3. The molecule has 1 unspecified atom stereocenters. The van der Waals surface area contributed by atoms with Crippen molar-refractivity contribution < 1.29 is 4.79 Å². The van der Waals surface area contributed by atoms with E-state index in [1.165, 1.54) is 11.3 Å². The standard InChI is InChI=1S/C17H27N3O/c1-3-18-15-9-7-12-20(13-11-17(21)19-4-2)16-10-6-5-8-14(15)16/h5-6,8,10,15,18H,3-4,7,9,11-13H2,1-2H3,(H,19,21). The molecule has 1 aliphatic rings. The third kappa shape index (κ3) is 4.21. The smallest absolute Gasteiger partial charge is 0.221 e. The van der Waals surface area contributed by atoms with Crippen molar-refractivity contribution in [2.75, 3.05) is 31.1 Å². The average molecular weight is 289 g/mol. The molecule has 0 aromatic heterocycles. The third-order valence-electron chi connectivity index (χ3n) is 4.01. The molecule has 2 N–H and O–H groups in total. The summed E-state index contributed by atoms with van der Waals surface area (Å²) in [5, 5.41) is 6.46. The van der Waals surface area contributed by atoms with E-state index in [0.717, 1.165) is 32.5 Å². The number of nitrogens with one attached hydrogen (secondary N) is 2. The van der Waals surface area contributed by atoms with Gasteiger partial charge < -0.3 is 15.5 Å². The van der Waals surface area contributed by atoms with Crippen LogP contribution >= 0.6 is 0 Å². The Morgan fingerprint density at radius 1 is 1.29 bits per heavy atom. The maximum atomic E-state index is 11.7. The van der Waals surface area contributed by atoms with E-state index in [1.807, 2.05) is 6.92 Å². The van der Waals surface area contributed by atoms with Crippen molar-refractivity contribution in [2.45, 2.75) is 39.2 Å². The van der Waals surface area contributed by atoms with E-state index >= 15 is 0 Å². The molecule has 0 radical (unpaired) electrons. The first kappa shape index (κ1) is 15.8. The van der Waals surface area contributed by atoms with Crippen LogP contribution in [-0.2, 0) is 4.79 Å². The van der Waals surface area contributed by atoms with Crippen molar-refractivity contribution in [3.8, 4) is 0 Å². The number of carbonyl (C=O) groups excluding carboxylic acids is 1. The van der Waals surface area contributed by atoms with Crippen LogP contribution in [0.5, 0.6) is 0 Å². The van der Waals surface area contributed by atoms with Gasteiger partial charge in [0.05, 0.1) is 0 Å². The van der Waals surface area contributed by atoms with E-state index in [1.54, 1.807) is 0 Å². The van der Waals surface area contributed by atoms with Crippen LogP contribution in [0.25, 0.3) is 0 Å². The number of carbonyl (C=O) groups is 1. The first-order valence-electron chi connectivity index (χ1n) is 8.10. The average Bonchev–Trinajstić information content (AvgIpc) is 2.66. The Morgan fingerprint density at radius 3 is 2.86 bits per heavy atom. The summed E-state index contributed by atoms with van der Waals surface area (Å²) >= 11 is 0. The molecule has 1 heterocycles. The minimum atomic E-state index is 0.141. The van der Waals surface area contributed by atoms with Gasteiger partial charge in [-0.05, 0) is 37.9 Å². The van der Waals surface area contributed by atoms with Crippen LogP contribution in [-0.4, -0.2) is 32.1 Å². The van der Waals surface area contributed by atoms with E-state index in [2.05, 4.69) is 46.7 Å². The fourth-order valence-corrected chi connectivity index (χ4v) is 3.05. The van der Waals surface area contributed by atoms with Crippen LogP contribution in [0, 0.1) is 0 Å². The van der Waals surface area contributed by atoms with Gasteiger partial charge in [-0.1, -0.05) is 25.1 Å². The van der Waals surface area contributed by atoms with Crippen molar-refractivity contribution in [1.82, 2.24) is 10.6 Å². The lowest BCUT2D eigenvalue weighted by Gasteiger charge is -2.25. The maximum Gasteiger partial charge on any atom is 0.221 e. The summed E-state index contributed by atoms with van der Waals surface area (Å²) in [7, 11) is 0. The highest BCUT2D eigenvalue weighted by Gasteiger charge is 2.22. The third-order valence-corrected chi connectivity index (χ3v) is 4.01. The van der Waals surface area contributed by atoms with E-state index in [9.17, 15) is 4.79 Å². The van der Waals surface area contributed by atoms with Crippen LogP contribution in [0.2, 0.25) is 0 Å². The molecule has 4 heteroatoms. The summed E-state index contributed by atoms with van der Waals surface area (Å²) in [4.78, 5) is 14.1. The van der Waals surface area contributed by atoms with Gasteiger partial charge in [0.1, 0.15) is 0 Å². The molecule has 1 atom stereocenters. The molecular weight excluding hydrogens is 262 g/mol. The van der Waals surface area contributed by atoms with Gasteiger partial charge in [0, 0.05) is 37.8 Å². The largest absolute Gasteiger partial charge is 0.371 e. The van der Waals surface area contributed by atoms with Crippen LogP contribution in [0.15, 0.2) is 24.3 Å². The van der Waals surface area contributed by atoms with E-state index in [-0.39, 0.29) is 5.91 Å². The fourth-order valence-electron chi connectivity index (χ4n) is 3.05. The van der Waals surface area contributed by atoms with Gasteiger partial charge in [0.2, 0.25) is 5.91 Å². The second kappa shape index (κ2) is 8.03. The summed E-state index contributed by atoms with van der Waals surface area (Å²) < 4.78 is 0. The fraction of sp³-hybridized carbons (Fsp3) is 0.588. The predicted octanol–water partition coefficient (Wildman–Crippen LogP) is 2.46. The van der Waals surface area contributed by atoms with Gasteiger partial charge in [0.25, 0.3) is 0 Å². The molecule has 116 valence electrons. The molecule has 0 saturated heterocycles. The number of nitrogens with zero attached hydrogens (tertiary/aromatic N) is 1. The molecule has 0 saturated carbocycles. The Bertz CT molecular complexity index is 461. The Hall–Kier alpha value is -1.55. The zero-order valence-electron chi connectivity index (χ0n) is 13.2. The summed E-state index contributed by atoms with van der Waals surface area (Å²) in [5.74, 6) is 0.141. The molecule has 21 heavy (non-hydrogen) atoms. The Labute approximate surface area is 127 Å². The summed E-state index contributed by atoms with van der Waals surface area (Å²) in [6.07, 6.45) is 2.87. The second-order valence-electron chi connectivity index (χ2n) is 5.50. The van der Waals surface area contributed by atoms with Crippen LogP contribution in [0.4, 0.5) is 5.69 Å². The molecule has 1 amide bonds. The highest BCUT2D eigenvalue weighted by molar-refractivity contribution is 5.76. The molecule has 0 spiro atoms. The second-order valence-corrected chi connectivity index (χ2v) is 5.50. The van der Waals surface area contributed by atoms with Gasteiger partial charge >= 0.3 is 0 Å². The predicted molar refractivity (Wildman–Crippen MR) is 87.6 cm³/mol. The lowest BCUT2D eigenvalue weighted by atomic mass is 10.0. The number of benzene rings is 1. The van der Waals surface area contributed by atoms with Gasteiger partial charge in [-0.2, -0.15) is 0 Å². The minimum Gasteiger partial charge on any atom is -0.371 e. The molecule has 1 aromatic carbocycles. The number of rotatable bonds is 6. The number of para-hydroxylation sites is 1. The minimum absolute atomic E-state index is 0.141. The molecular formula is C17H27N3O. The number of fused-ring (bicyclic) bond motifs is 1. The van der Waals surface area contributed by atoms with E-state index in [4.69, 9.17) is 0 Å². The van der Waals surface area contributed by atoms with Gasteiger partial charge in [-0.25, -0.2) is 0 Å². The Kier molecular flexibility index (Phi) is 6.05. The Balaban J connectivity index is 2.11. The molecule has 0 aliphatic carbocycles. The molecule has 2 rings (SSSR count). The molecule has 0 fully saturated rings. The SMILES string of the molecule is CCNC(=O)CCN1CCCC(NCC)c2ccccc21. The van der Waals surface area contributed by atoms with Gasteiger partial charge in [-0.15, -0.1) is 0 Å². The van der Waals surface area contributed by atoms with Crippen molar-refractivity contribution in [3.05, 3.63) is 29.8 Å².